The van der Waals surface area contributed by atoms with E-state index in [4.69, 9.17) is 4.42 Å². The molecule has 8 aromatic carbocycles. The molecule has 4 nitrogen and oxygen atoms in total. The molecule has 1 spiro atoms. The Bertz CT molecular complexity index is 3320. The van der Waals surface area contributed by atoms with Crippen LogP contribution < -0.4 is 0 Å². The molecule has 55 heavy (non-hydrogen) atoms. The van der Waals surface area contributed by atoms with E-state index in [-0.39, 0.29) is 0 Å². The Hall–Kier alpha value is -7.66. The lowest BCUT2D eigenvalue weighted by molar-refractivity contribution is 0.669. The van der Waals surface area contributed by atoms with Crippen LogP contribution in [0.15, 0.2) is 168 Å². The Morgan fingerprint density at radius 2 is 1.05 bits per heavy atom. The van der Waals surface area contributed by atoms with Gasteiger partial charge < -0.3 is 8.98 Å². The number of benzene rings is 8. The maximum atomic E-state index is 9.99. The summed E-state index contributed by atoms with van der Waals surface area (Å²) in [4.78, 5) is 0. The predicted octanol–water partition coefficient (Wildman–Crippen LogP) is 12.4. The smallest absolute Gasteiger partial charge is 0.137 e. The van der Waals surface area contributed by atoms with Crippen LogP contribution in [0.4, 0.5) is 0 Å². The van der Waals surface area contributed by atoms with Crippen molar-refractivity contribution in [2.45, 2.75) is 5.41 Å². The largest absolute Gasteiger partial charge is 0.456 e. The number of rotatable bonds is 2. The van der Waals surface area contributed by atoms with Crippen molar-refractivity contribution in [1.29, 1.82) is 10.5 Å². The monoisotopic (exact) mass is 697 g/mol. The molecule has 0 bridgehead atoms. The van der Waals surface area contributed by atoms with Gasteiger partial charge in [-0.3, -0.25) is 0 Å². The number of hydrogen-bond acceptors (Lipinski definition) is 3. The third-order valence-corrected chi connectivity index (χ3v) is 12.0. The second kappa shape index (κ2) is 10.7. The van der Waals surface area contributed by atoms with E-state index < -0.39 is 5.41 Å². The Morgan fingerprint density at radius 3 is 1.73 bits per heavy atom. The van der Waals surface area contributed by atoms with E-state index in [9.17, 15) is 10.5 Å². The summed E-state index contributed by atoms with van der Waals surface area (Å²) in [7, 11) is 0. The highest BCUT2D eigenvalue weighted by atomic mass is 16.3. The number of furan rings is 1. The number of aromatic nitrogens is 1. The van der Waals surface area contributed by atoms with E-state index in [1.54, 1.807) is 6.07 Å². The molecule has 0 saturated heterocycles. The summed E-state index contributed by atoms with van der Waals surface area (Å²) in [6.45, 7) is 0. The molecule has 0 atom stereocenters. The van der Waals surface area contributed by atoms with Crippen LogP contribution in [0.5, 0.6) is 0 Å². The summed E-state index contributed by atoms with van der Waals surface area (Å²) >= 11 is 0. The van der Waals surface area contributed by atoms with Gasteiger partial charge in [0.2, 0.25) is 0 Å². The van der Waals surface area contributed by atoms with Gasteiger partial charge in [0.15, 0.2) is 0 Å². The normalized spacial score (nSPS) is 13.2. The quantitative estimate of drug-likeness (QED) is 0.181. The van der Waals surface area contributed by atoms with Gasteiger partial charge in [-0.1, -0.05) is 115 Å². The molecule has 10 aromatic rings. The van der Waals surface area contributed by atoms with Gasteiger partial charge in [-0.05, 0) is 98.6 Å². The lowest BCUT2D eigenvalue weighted by Crippen LogP contribution is -2.26. The standard InChI is InChI=1S/C51H27N3O/c52-28-30-25-31(29-53)27-32(26-30)33-11-4-9-19-43(33)54-44-23-21-37-36-14-3-8-18-42(36)51(40-16-6-1-12-34(40)35-13-2-7-17-41(35)51)49(37)47(44)39-22-24-46-48(50(39)54)38-15-5-10-20-45(38)55-46/h1-27H. The molecule has 2 aliphatic rings. The number of nitrogens with zero attached hydrogens (tertiary/aromatic N) is 3. The fraction of sp³-hybridized carbons (Fsp3) is 0.0196. The highest BCUT2D eigenvalue weighted by Gasteiger charge is 2.52. The first-order valence-corrected chi connectivity index (χ1v) is 18.5. The maximum Gasteiger partial charge on any atom is 0.137 e. The van der Waals surface area contributed by atoms with Crippen LogP contribution in [-0.2, 0) is 5.41 Å². The van der Waals surface area contributed by atoms with Crippen LogP contribution in [0.25, 0.3) is 82.8 Å². The van der Waals surface area contributed by atoms with E-state index in [1.807, 2.05) is 30.3 Å². The SMILES string of the molecule is N#Cc1cc(C#N)cc(-c2ccccc2-n2c3ccc4c(c3c3ccc5oc6ccccc6c5c32)C2(c3ccccc3-c3ccccc32)c2ccccc2-4)c1. The maximum absolute atomic E-state index is 9.99. The van der Waals surface area contributed by atoms with E-state index in [2.05, 4.69) is 144 Å². The average Bonchev–Trinajstić information content (AvgIpc) is 3.97. The second-order valence-corrected chi connectivity index (χ2v) is 14.6. The lowest BCUT2D eigenvalue weighted by atomic mass is 9.69. The molecule has 0 unspecified atom stereocenters. The molecule has 2 aromatic heterocycles. The summed E-state index contributed by atoms with van der Waals surface area (Å²) < 4.78 is 8.97. The number of hydrogen-bond donors (Lipinski definition) is 0. The van der Waals surface area contributed by atoms with Crippen molar-refractivity contribution in [3.05, 3.63) is 197 Å². The molecule has 0 aliphatic heterocycles. The summed E-state index contributed by atoms with van der Waals surface area (Å²) in [5.74, 6) is 0. The first-order chi connectivity index (χ1) is 27.2. The predicted molar refractivity (Wildman–Crippen MR) is 219 cm³/mol. The zero-order valence-electron chi connectivity index (χ0n) is 29.3. The number of nitriles is 2. The summed E-state index contributed by atoms with van der Waals surface area (Å²) in [6, 6.07) is 62.4. The van der Waals surface area contributed by atoms with Crippen LogP contribution >= 0.6 is 0 Å². The van der Waals surface area contributed by atoms with Gasteiger partial charge >= 0.3 is 0 Å². The zero-order chi connectivity index (χ0) is 36.4. The first-order valence-electron chi connectivity index (χ1n) is 18.5. The number of fused-ring (bicyclic) bond motifs is 18. The van der Waals surface area contributed by atoms with Crippen LogP contribution in [0.3, 0.4) is 0 Å². The van der Waals surface area contributed by atoms with Crippen LogP contribution in [-0.4, -0.2) is 4.57 Å². The highest BCUT2D eigenvalue weighted by molar-refractivity contribution is 6.26. The fourth-order valence-electron chi connectivity index (χ4n) is 10.1. The summed E-state index contributed by atoms with van der Waals surface area (Å²) in [5.41, 5.74) is 17.0. The van der Waals surface area contributed by atoms with Crippen molar-refractivity contribution < 1.29 is 4.42 Å². The fourth-order valence-corrected chi connectivity index (χ4v) is 10.1. The molecular weight excluding hydrogens is 671 g/mol. The number of para-hydroxylation sites is 2. The molecule has 4 heteroatoms. The molecule has 2 heterocycles. The molecule has 12 rings (SSSR count). The molecular formula is C51H27N3O. The average molecular weight is 698 g/mol. The first kappa shape index (κ1) is 29.9. The Kier molecular flexibility index (Phi) is 5.81. The minimum atomic E-state index is -0.548. The van der Waals surface area contributed by atoms with Crippen molar-refractivity contribution >= 4 is 43.7 Å². The Balaban J connectivity index is 1.32. The Labute approximate surface area is 316 Å². The third kappa shape index (κ3) is 3.68. The van der Waals surface area contributed by atoms with Crippen molar-refractivity contribution in [2.75, 3.05) is 0 Å². The second-order valence-electron chi connectivity index (χ2n) is 14.6. The lowest BCUT2D eigenvalue weighted by Gasteiger charge is -2.31. The minimum absolute atomic E-state index is 0.449. The van der Waals surface area contributed by atoms with Crippen molar-refractivity contribution in [2.24, 2.45) is 0 Å². The van der Waals surface area contributed by atoms with E-state index in [0.29, 0.717) is 11.1 Å². The molecule has 252 valence electrons. The van der Waals surface area contributed by atoms with Crippen LogP contribution in [0.2, 0.25) is 0 Å². The van der Waals surface area contributed by atoms with E-state index >= 15 is 0 Å². The van der Waals surface area contributed by atoms with Crippen molar-refractivity contribution in [3.63, 3.8) is 0 Å². The van der Waals surface area contributed by atoms with Gasteiger partial charge in [0.1, 0.15) is 11.2 Å². The Morgan fingerprint density at radius 1 is 0.473 bits per heavy atom. The molecule has 0 fully saturated rings. The molecule has 0 N–H and O–H groups in total. The molecule has 0 saturated carbocycles. The van der Waals surface area contributed by atoms with Gasteiger partial charge in [-0.15, -0.1) is 0 Å². The zero-order valence-corrected chi connectivity index (χ0v) is 29.3. The van der Waals surface area contributed by atoms with Gasteiger partial charge in [-0.25, -0.2) is 0 Å². The van der Waals surface area contributed by atoms with Gasteiger partial charge in [0.05, 0.1) is 50.8 Å². The molecule has 0 radical (unpaired) electrons. The summed E-state index contributed by atoms with van der Waals surface area (Å²) in [5, 5.41) is 24.4. The van der Waals surface area contributed by atoms with Crippen LogP contribution in [0, 0.1) is 22.7 Å². The third-order valence-electron chi connectivity index (χ3n) is 12.0. The van der Waals surface area contributed by atoms with Gasteiger partial charge in [0.25, 0.3) is 0 Å². The van der Waals surface area contributed by atoms with Crippen molar-refractivity contribution in [3.8, 4) is 51.2 Å². The van der Waals surface area contributed by atoms with Gasteiger partial charge in [0, 0.05) is 21.7 Å². The molecule has 2 aliphatic carbocycles. The summed E-state index contributed by atoms with van der Waals surface area (Å²) in [6.07, 6.45) is 0. The van der Waals surface area contributed by atoms with Gasteiger partial charge in [-0.2, -0.15) is 10.5 Å². The highest BCUT2D eigenvalue weighted by Crippen LogP contribution is 2.65. The van der Waals surface area contributed by atoms with E-state index in [0.717, 1.165) is 55.2 Å². The topological polar surface area (TPSA) is 65.7 Å². The minimum Gasteiger partial charge on any atom is -0.456 e. The molecule has 0 amide bonds. The van der Waals surface area contributed by atoms with Crippen molar-refractivity contribution in [1.82, 2.24) is 4.57 Å². The van der Waals surface area contributed by atoms with E-state index in [1.165, 1.54) is 49.9 Å². The van der Waals surface area contributed by atoms with Crippen LogP contribution in [0.1, 0.15) is 33.4 Å².